The fourth-order valence-electron chi connectivity index (χ4n) is 4.02. The molecular formula is C21H24ClN3. The number of benzene rings is 2. The van der Waals surface area contributed by atoms with E-state index in [1.165, 1.54) is 22.6 Å². The van der Waals surface area contributed by atoms with Crippen molar-refractivity contribution in [2.45, 2.75) is 25.7 Å². The Hall–Kier alpha value is -1.84. The van der Waals surface area contributed by atoms with Crippen LogP contribution in [0.2, 0.25) is 5.02 Å². The van der Waals surface area contributed by atoms with Gasteiger partial charge in [-0.15, -0.1) is 0 Å². The predicted molar refractivity (Wildman–Crippen MR) is 106 cm³/mol. The molecule has 4 rings (SSSR count). The molecule has 0 saturated carbocycles. The van der Waals surface area contributed by atoms with E-state index in [0.29, 0.717) is 0 Å². The number of hydrogen-bond donors (Lipinski definition) is 2. The van der Waals surface area contributed by atoms with Crippen LogP contribution in [0.4, 0.5) is 5.69 Å². The molecule has 2 aliphatic heterocycles. The summed E-state index contributed by atoms with van der Waals surface area (Å²) in [4.78, 5) is 5.02. The summed E-state index contributed by atoms with van der Waals surface area (Å²) in [5.41, 5.74) is 4.03. The van der Waals surface area contributed by atoms with Crippen LogP contribution in [0, 0.1) is 5.41 Å². The summed E-state index contributed by atoms with van der Waals surface area (Å²) in [6, 6.07) is 16.7. The lowest BCUT2D eigenvalue weighted by molar-refractivity contribution is 0.293. The molecule has 3 nitrogen and oxygen atoms in total. The number of nitrogens with zero attached hydrogens (tertiary/aromatic N) is 1. The highest BCUT2D eigenvalue weighted by Gasteiger charge is 2.40. The minimum atomic E-state index is 0.161. The Bertz CT molecular complexity index is 778. The number of rotatable bonds is 3. The quantitative estimate of drug-likeness (QED) is 0.862. The van der Waals surface area contributed by atoms with Crippen LogP contribution in [0.3, 0.4) is 0 Å². The van der Waals surface area contributed by atoms with Crippen LogP contribution in [0.25, 0.3) is 0 Å². The van der Waals surface area contributed by atoms with Crippen molar-refractivity contribution in [3.63, 3.8) is 0 Å². The highest BCUT2D eigenvalue weighted by atomic mass is 35.5. The Labute approximate surface area is 154 Å². The number of piperidine rings is 1. The first-order valence-electron chi connectivity index (χ1n) is 9.10. The average molecular weight is 354 g/mol. The topological polar surface area (TPSA) is 36.4 Å². The van der Waals surface area contributed by atoms with Gasteiger partial charge in [0, 0.05) is 22.7 Å². The van der Waals surface area contributed by atoms with Crippen molar-refractivity contribution in [3.05, 3.63) is 64.7 Å². The molecule has 1 spiro atoms. The van der Waals surface area contributed by atoms with E-state index in [-0.39, 0.29) is 5.41 Å². The molecule has 0 aromatic heterocycles. The van der Waals surface area contributed by atoms with Crippen molar-refractivity contribution in [2.24, 2.45) is 10.4 Å². The van der Waals surface area contributed by atoms with E-state index < -0.39 is 0 Å². The van der Waals surface area contributed by atoms with Crippen LogP contribution < -0.4 is 10.6 Å². The number of aliphatic imine (C=N–C) groups is 1. The van der Waals surface area contributed by atoms with Crippen LogP contribution in [0.15, 0.2) is 53.5 Å². The van der Waals surface area contributed by atoms with Crippen LogP contribution >= 0.6 is 11.6 Å². The molecule has 0 atom stereocenters. The number of para-hydroxylation sites is 1. The number of amidine groups is 1. The van der Waals surface area contributed by atoms with Crippen molar-refractivity contribution in [1.82, 2.24) is 5.32 Å². The first kappa shape index (κ1) is 16.6. The molecule has 2 N–H and O–H groups in total. The zero-order chi connectivity index (χ0) is 17.1. The van der Waals surface area contributed by atoms with E-state index >= 15 is 0 Å². The second kappa shape index (κ2) is 7.19. The van der Waals surface area contributed by atoms with E-state index in [2.05, 4.69) is 41.0 Å². The van der Waals surface area contributed by atoms with Crippen molar-refractivity contribution >= 4 is 23.1 Å². The molecule has 0 unspecified atom stereocenters. The minimum Gasteiger partial charge on any atom is -0.343 e. The molecule has 4 heteroatoms. The first-order chi connectivity index (χ1) is 12.3. The second-order valence-corrected chi connectivity index (χ2v) is 7.54. The van der Waals surface area contributed by atoms with Gasteiger partial charge in [0.25, 0.3) is 0 Å². The largest absolute Gasteiger partial charge is 0.343 e. The van der Waals surface area contributed by atoms with Gasteiger partial charge in [-0.1, -0.05) is 41.9 Å². The van der Waals surface area contributed by atoms with Crippen molar-refractivity contribution in [2.75, 3.05) is 25.0 Å². The zero-order valence-electron chi connectivity index (χ0n) is 14.4. The molecule has 1 fully saturated rings. The molecule has 1 saturated heterocycles. The Kier molecular flexibility index (Phi) is 4.78. The number of hydrogen-bond acceptors (Lipinski definition) is 2. The maximum absolute atomic E-state index is 6.09. The van der Waals surface area contributed by atoms with Crippen molar-refractivity contribution in [1.29, 1.82) is 0 Å². The second-order valence-electron chi connectivity index (χ2n) is 7.10. The highest BCUT2D eigenvalue weighted by molar-refractivity contribution is 6.30. The number of fused-ring (bicyclic) bond motifs is 1. The Morgan fingerprint density at radius 1 is 1.04 bits per heavy atom. The summed E-state index contributed by atoms with van der Waals surface area (Å²) in [5, 5.41) is 7.94. The van der Waals surface area contributed by atoms with Gasteiger partial charge in [0.1, 0.15) is 5.84 Å². The average Bonchev–Trinajstić information content (AvgIpc) is 2.63. The Morgan fingerprint density at radius 2 is 1.88 bits per heavy atom. The SMILES string of the molecule is Clc1cccc(CCN=C2Nc3ccccc3CC23CCNCC3)c1. The molecule has 25 heavy (non-hydrogen) atoms. The van der Waals surface area contributed by atoms with Gasteiger partial charge in [-0.3, -0.25) is 4.99 Å². The van der Waals surface area contributed by atoms with E-state index in [1.54, 1.807) is 0 Å². The normalized spacial score (nSPS) is 20.3. The summed E-state index contributed by atoms with van der Waals surface area (Å²) in [6.07, 6.45) is 4.30. The molecule has 130 valence electrons. The summed E-state index contributed by atoms with van der Waals surface area (Å²) < 4.78 is 0. The number of anilines is 1. The summed E-state index contributed by atoms with van der Waals surface area (Å²) >= 11 is 6.09. The number of halogens is 1. The lowest BCUT2D eigenvalue weighted by atomic mass is 9.71. The molecule has 0 aliphatic carbocycles. The van der Waals surface area contributed by atoms with Gasteiger partial charge < -0.3 is 10.6 Å². The molecule has 2 aromatic carbocycles. The van der Waals surface area contributed by atoms with Crippen LogP contribution in [-0.2, 0) is 12.8 Å². The zero-order valence-corrected chi connectivity index (χ0v) is 15.1. The Balaban J connectivity index is 1.56. The standard InChI is InChI=1S/C21H24ClN3/c22-18-6-3-4-16(14-18)8-11-24-20-21(9-12-23-13-10-21)15-17-5-1-2-7-19(17)25-20/h1-7,14,23H,8-13,15H2,(H,24,25). The summed E-state index contributed by atoms with van der Waals surface area (Å²) in [7, 11) is 0. The maximum Gasteiger partial charge on any atom is 0.107 e. The third-order valence-electron chi connectivity index (χ3n) is 5.42. The van der Waals surface area contributed by atoms with Crippen LogP contribution in [0.1, 0.15) is 24.0 Å². The van der Waals surface area contributed by atoms with Gasteiger partial charge in [0.2, 0.25) is 0 Å². The van der Waals surface area contributed by atoms with Crippen LogP contribution in [0.5, 0.6) is 0 Å². The lowest BCUT2D eigenvalue weighted by Crippen LogP contribution is -2.48. The van der Waals surface area contributed by atoms with Crippen molar-refractivity contribution in [3.8, 4) is 0 Å². The molecule has 2 heterocycles. The summed E-state index contributed by atoms with van der Waals surface area (Å²) in [5.74, 6) is 1.18. The van der Waals surface area contributed by atoms with E-state index in [1.807, 2.05) is 18.2 Å². The minimum absolute atomic E-state index is 0.161. The maximum atomic E-state index is 6.09. The lowest BCUT2D eigenvalue weighted by Gasteiger charge is -2.42. The monoisotopic (exact) mass is 353 g/mol. The third-order valence-corrected chi connectivity index (χ3v) is 5.66. The Morgan fingerprint density at radius 3 is 2.72 bits per heavy atom. The fourth-order valence-corrected chi connectivity index (χ4v) is 4.23. The van der Waals surface area contributed by atoms with Gasteiger partial charge in [0.15, 0.2) is 0 Å². The third kappa shape index (κ3) is 3.58. The fraction of sp³-hybridized carbons (Fsp3) is 0.381. The number of nitrogens with one attached hydrogen (secondary N) is 2. The molecule has 0 bridgehead atoms. The van der Waals surface area contributed by atoms with Gasteiger partial charge in [-0.05, 0) is 68.1 Å². The van der Waals surface area contributed by atoms with Gasteiger partial charge in [-0.2, -0.15) is 0 Å². The molecule has 0 radical (unpaired) electrons. The van der Waals surface area contributed by atoms with Gasteiger partial charge in [0.05, 0.1) is 0 Å². The van der Waals surface area contributed by atoms with Crippen molar-refractivity contribution < 1.29 is 0 Å². The van der Waals surface area contributed by atoms with E-state index in [0.717, 1.165) is 50.3 Å². The highest BCUT2D eigenvalue weighted by Crippen LogP contribution is 2.40. The first-order valence-corrected chi connectivity index (χ1v) is 9.48. The molecular weight excluding hydrogens is 330 g/mol. The van der Waals surface area contributed by atoms with E-state index in [9.17, 15) is 0 Å². The molecule has 2 aromatic rings. The molecule has 0 amide bonds. The predicted octanol–water partition coefficient (Wildman–Crippen LogP) is 4.32. The van der Waals surface area contributed by atoms with E-state index in [4.69, 9.17) is 16.6 Å². The van der Waals surface area contributed by atoms with Gasteiger partial charge in [-0.25, -0.2) is 0 Å². The summed E-state index contributed by atoms with van der Waals surface area (Å²) in [6.45, 7) is 2.92. The molecule has 2 aliphatic rings. The van der Waals surface area contributed by atoms with Gasteiger partial charge >= 0.3 is 0 Å². The smallest absolute Gasteiger partial charge is 0.107 e. The van der Waals surface area contributed by atoms with Crippen LogP contribution in [-0.4, -0.2) is 25.5 Å².